The third kappa shape index (κ3) is 4.01. The minimum absolute atomic E-state index is 0.163. The standard InChI is InChI=1S/C11H21NOS/c1-11(2,3)10(13)9-14-8-7-12-5-4-6-12/h4-9H2,1-3H3. The van der Waals surface area contributed by atoms with Gasteiger partial charge in [0.1, 0.15) is 5.78 Å². The summed E-state index contributed by atoms with van der Waals surface area (Å²) in [4.78, 5) is 14.0. The van der Waals surface area contributed by atoms with Crippen molar-refractivity contribution in [2.24, 2.45) is 5.41 Å². The Labute approximate surface area is 91.4 Å². The average Bonchev–Trinajstić information content (AvgIpc) is 1.98. The van der Waals surface area contributed by atoms with Gasteiger partial charge in [0.05, 0.1) is 5.75 Å². The second-order valence-corrected chi connectivity index (χ2v) is 6.03. The van der Waals surface area contributed by atoms with Crippen molar-refractivity contribution in [1.82, 2.24) is 4.90 Å². The highest BCUT2D eigenvalue weighted by molar-refractivity contribution is 7.99. The molecule has 0 N–H and O–H groups in total. The first kappa shape index (κ1) is 12.1. The number of carbonyl (C=O) groups excluding carboxylic acids is 1. The van der Waals surface area contributed by atoms with E-state index < -0.39 is 0 Å². The van der Waals surface area contributed by atoms with Crippen LogP contribution in [-0.4, -0.2) is 41.8 Å². The second-order valence-electron chi connectivity index (χ2n) is 4.92. The molecule has 0 unspecified atom stereocenters. The van der Waals surface area contributed by atoms with Gasteiger partial charge in [0.2, 0.25) is 0 Å². The molecule has 0 bridgehead atoms. The summed E-state index contributed by atoms with van der Waals surface area (Å²) >= 11 is 1.77. The number of hydrogen-bond acceptors (Lipinski definition) is 3. The molecule has 0 aliphatic carbocycles. The van der Waals surface area contributed by atoms with E-state index in [9.17, 15) is 4.79 Å². The maximum atomic E-state index is 11.6. The summed E-state index contributed by atoms with van der Waals surface area (Å²) in [6.45, 7) is 9.64. The number of thioether (sulfide) groups is 1. The molecule has 0 saturated carbocycles. The molecule has 0 spiro atoms. The van der Waals surface area contributed by atoms with Crippen molar-refractivity contribution in [3.63, 3.8) is 0 Å². The molecule has 3 heteroatoms. The molecule has 0 atom stereocenters. The van der Waals surface area contributed by atoms with Crippen LogP contribution >= 0.6 is 11.8 Å². The zero-order valence-corrected chi connectivity index (χ0v) is 10.3. The number of hydrogen-bond donors (Lipinski definition) is 0. The van der Waals surface area contributed by atoms with Crippen LogP contribution in [0.15, 0.2) is 0 Å². The molecular weight excluding hydrogens is 194 g/mol. The van der Waals surface area contributed by atoms with E-state index >= 15 is 0 Å². The summed E-state index contributed by atoms with van der Waals surface area (Å²) in [6, 6.07) is 0. The zero-order chi connectivity index (χ0) is 10.6. The lowest BCUT2D eigenvalue weighted by Gasteiger charge is -2.30. The number of Topliss-reactive ketones (excluding diaryl/α,β-unsaturated/α-hetero) is 1. The van der Waals surface area contributed by atoms with Gasteiger partial charge in [-0.15, -0.1) is 0 Å². The summed E-state index contributed by atoms with van der Waals surface area (Å²) in [7, 11) is 0. The molecule has 0 aromatic carbocycles. The summed E-state index contributed by atoms with van der Waals surface area (Å²) < 4.78 is 0. The van der Waals surface area contributed by atoms with Crippen molar-refractivity contribution in [1.29, 1.82) is 0 Å². The molecule has 1 aliphatic rings. The van der Waals surface area contributed by atoms with E-state index in [1.807, 2.05) is 20.8 Å². The monoisotopic (exact) mass is 215 g/mol. The maximum absolute atomic E-state index is 11.6. The number of likely N-dealkylation sites (tertiary alicyclic amines) is 1. The quantitative estimate of drug-likeness (QED) is 0.655. The maximum Gasteiger partial charge on any atom is 0.148 e. The largest absolute Gasteiger partial charge is 0.302 e. The molecule has 2 nitrogen and oxygen atoms in total. The second kappa shape index (κ2) is 5.17. The highest BCUT2D eigenvalue weighted by Crippen LogP contribution is 2.18. The van der Waals surface area contributed by atoms with Gasteiger partial charge in [-0.25, -0.2) is 0 Å². The first-order valence-corrected chi connectivity index (χ1v) is 6.49. The predicted molar refractivity (Wildman–Crippen MR) is 62.8 cm³/mol. The summed E-state index contributed by atoms with van der Waals surface area (Å²) in [5.41, 5.74) is -0.163. The van der Waals surface area contributed by atoms with Gasteiger partial charge in [0.15, 0.2) is 0 Å². The lowest BCUT2D eigenvalue weighted by Crippen LogP contribution is -2.38. The SMILES string of the molecule is CC(C)(C)C(=O)CSCCN1CCC1. The minimum atomic E-state index is -0.163. The van der Waals surface area contributed by atoms with Gasteiger partial charge in [0.25, 0.3) is 0 Å². The van der Waals surface area contributed by atoms with Crippen LogP contribution in [0.2, 0.25) is 0 Å². The van der Waals surface area contributed by atoms with Crippen LogP contribution in [0, 0.1) is 5.41 Å². The van der Waals surface area contributed by atoms with Crippen LogP contribution in [0.1, 0.15) is 27.2 Å². The molecule has 0 amide bonds. The Balaban J connectivity index is 2.00. The first-order valence-electron chi connectivity index (χ1n) is 5.33. The van der Waals surface area contributed by atoms with Crippen LogP contribution in [0.4, 0.5) is 0 Å². The molecule has 0 aromatic heterocycles. The number of ketones is 1. The minimum Gasteiger partial charge on any atom is -0.302 e. The molecular formula is C11H21NOS. The van der Waals surface area contributed by atoms with E-state index in [0.29, 0.717) is 11.5 Å². The molecule has 82 valence electrons. The number of rotatable bonds is 5. The molecule has 1 rings (SSSR count). The molecule has 1 saturated heterocycles. The molecule has 14 heavy (non-hydrogen) atoms. The molecule has 1 heterocycles. The topological polar surface area (TPSA) is 20.3 Å². The van der Waals surface area contributed by atoms with E-state index in [1.165, 1.54) is 19.5 Å². The Kier molecular flexibility index (Phi) is 4.45. The van der Waals surface area contributed by atoms with Crippen molar-refractivity contribution in [2.45, 2.75) is 27.2 Å². The summed E-state index contributed by atoms with van der Waals surface area (Å²) in [5.74, 6) is 2.14. The van der Waals surface area contributed by atoms with Gasteiger partial charge < -0.3 is 4.90 Å². The van der Waals surface area contributed by atoms with Crippen LogP contribution in [-0.2, 0) is 4.79 Å². The van der Waals surface area contributed by atoms with Gasteiger partial charge in [-0.05, 0) is 19.5 Å². The van der Waals surface area contributed by atoms with Crippen molar-refractivity contribution in [3.8, 4) is 0 Å². The van der Waals surface area contributed by atoms with Crippen molar-refractivity contribution >= 4 is 17.5 Å². The Hall–Kier alpha value is -0.0200. The first-order chi connectivity index (χ1) is 6.50. The molecule has 0 radical (unpaired) electrons. The van der Waals surface area contributed by atoms with Gasteiger partial charge in [-0.1, -0.05) is 20.8 Å². The fourth-order valence-corrected chi connectivity index (χ4v) is 2.33. The fourth-order valence-electron chi connectivity index (χ4n) is 1.18. The molecule has 1 fully saturated rings. The third-order valence-electron chi connectivity index (χ3n) is 2.57. The lowest BCUT2D eigenvalue weighted by molar-refractivity contribution is -0.123. The van der Waals surface area contributed by atoms with Crippen LogP contribution in [0.25, 0.3) is 0 Å². The van der Waals surface area contributed by atoms with Gasteiger partial charge >= 0.3 is 0 Å². The average molecular weight is 215 g/mol. The van der Waals surface area contributed by atoms with E-state index in [2.05, 4.69) is 4.90 Å². The van der Waals surface area contributed by atoms with Crippen LogP contribution < -0.4 is 0 Å². The fraction of sp³-hybridized carbons (Fsp3) is 0.909. The Morgan fingerprint density at radius 2 is 2.00 bits per heavy atom. The van der Waals surface area contributed by atoms with E-state index in [0.717, 1.165) is 12.3 Å². The van der Waals surface area contributed by atoms with Gasteiger partial charge in [0, 0.05) is 17.7 Å². The Morgan fingerprint density at radius 1 is 1.36 bits per heavy atom. The van der Waals surface area contributed by atoms with E-state index in [4.69, 9.17) is 0 Å². The van der Waals surface area contributed by atoms with Gasteiger partial charge in [-0.2, -0.15) is 11.8 Å². The van der Waals surface area contributed by atoms with Gasteiger partial charge in [-0.3, -0.25) is 4.79 Å². The number of carbonyl (C=O) groups is 1. The van der Waals surface area contributed by atoms with Crippen LogP contribution in [0.3, 0.4) is 0 Å². The predicted octanol–water partition coefficient (Wildman–Crippen LogP) is 2.04. The Morgan fingerprint density at radius 3 is 2.43 bits per heavy atom. The normalized spacial score (nSPS) is 17.9. The zero-order valence-electron chi connectivity index (χ0n) is 9.51. The Bertz CT molecular complexity index is 194. The lowest BCUT2D eigenvalue weighted by atomic mass is 9.92. The number of nitrogens with zero attached hydrogens (tertiary/aromatic N) is 1. The smallest absolute Gasteiger partial charge is 0.148 e. The van der Waals surface area contributed by atoms with E-state index in [1.54, 1.807) is 11.8 Å². The van der Waals surface area contributed by atoms with Crippen molar-refractivity contribution in [3.05, 3.63) is 0 Å². The van der Waals surface area contributed by atoms with Crippen molar-refractivity contribution < 1.29 is 4.79 Å². The summed E-state index contributed by atoms with van der Waals surface area (Å²) in [5, 5.41) is 0. The highest BCUT2D eigenvalue weighted by Gasteiger charge is 2.20. The molecule has 1 aliphatic heterocycles. The summed E-state index contributed by atoms with van der Waals surface area (Å²) in [6.07, 6.45) is 1.35. The highest BCUT2D eigenvalue weighted by atomic mass is 32.2. The van der Waals surface area contributed by atoms with E-state index in [-0.39, 0.29) is 5.41 Å². The van der Waals surface area contributed by atoms with Crippen LogP contribution in [0.5, 0.6) is 0 Å². The molecule has 0 aromatic rings. The van der Waals surface area contributed by atoms with Crippen molar-refractivity contribution in [2.75, 3.05) is 31.1 Å². The third-order valence-corrected chi connectivity index (χ3v) is 3.51.